The number of rotatable bonds is 6. The van der Waals surface area contributed by atoms with Crippen molar-refractivity contribution in [3.05, 3.63) is 69.3 Å². The van der Waals surface area contributed by atoms with Crippen LogP contribution in [0.2, 0.25) is 0 Å². The Balaban J connectivity index is 2.17. The number of carbonyl (C=O) groups excluding carboxylic acids is 1. The van der Waals surface area contributed by atoms with Crippen molar-refractivity contribution in [2.75, 3.05) is 11.9 Å². The Hall–Kier alpha value is -3.22. The smallest absolute Gasteiger partial charge is 0.293 e. The minimum Gasteiger partial charge on any atom is -0.380 e. The maximum absolute atomic E-state index is 12.2. The van der Waals surface area contributed by atoms with E-state index in [1.807, 2.05) is 38.1 Å². The molecule has 130 valence electrons. The number of benzene rings is 2. The second-order valence-electron chi connectivity index (χ2n) is 5.52. The van der Waals surface area contributed by atoms with Crippen LogP contribution in [0.1, 0.15) is 35.3 Å². The van der Waals surface area contributed by atoms with Gasteiger partial charge in [-0.2, -0.15) is 5.10 Å². The standard InChI is InChI=1S/C18H20N4O3/c1-4-19-16-10-9-15(11-17(16)22(24)25)18(23)21-20-13(3)14-7-5-12(2)6-8-14/h5-11,19H,4H2,1-3H3,(H,21,23)/b20-13+. The van der Waals surface area contributed by atoms with Crippen molar-refractivity contribution in [1.29, 1.82) is 0 Å². The zero-order chi connectivity index (χ0) is 18.4. The van der Waals surface area contributed by atoms with Crippen LogP contribution in [-0.4, -0.2) is 23.1 Å². The number of nitro groups is 1. The Labute approximate surface area is 145 Å². The molecular formula is C18H20N4O3. The summed E-state index contributed by atoms with van der Waals surface area (Å²) in [4.78, 5) is 22.9. The molecule has 0 aliphatic carbocycles. The summed E-state index contributed by atoms with van der Waals surface area (Å²) in [6, 6.07) is 12.0. The highest BCUT2D eigenvalue weighted by atomic mass is 16.6. The monoisotopic (exact) mass is 340 g/mol. The molecule has 2 aromatic rings. The summed E-state index contributed by atoms with van der Waals surface area (Å²) in [5, 5.41) is 18.1. The molecule has 2 rings (SSSR count). The quantitative estimate of drug-likeness (QED) is 0.478. The van der Waals surface area contributed by atoms with Crippen LogP contribution in [-0.2, 0) is 0 Å². The van der Waals surface area contributed by atoms with Gasteiger partial charge in [-0.3, -0.25) is 14.9 Å². The number of amides is 1. The molecule has 0 fully saturated rings. The van der Waals surface area contributed by atoms with E-state index >= 15 is 0 Å². The number of nitrogens with one attached hydrogen (secondary N) is 2. The van der Waals surface area contributed by atoms with E-state index in [4.69, 9.17) is 0 Å². The Morgan fingerprint density at radius 1 is 1.16 bits per heavy atom. The molecule has 0 saturated carbocycles. The average Bonchev–Trinajstić information content (AvgIpc) is 2.60. The Morgan fingerprint density at radius 3 is 2.40 bits per heavy atom. The van der Waals surface area contributed by atoms with Crippen LogP contribution in [0.15, 0.2) is 47.6 Å². The van der Waals surface area contributed by atoms with E-state index < -0.39 is 10.8 Å². The van der Waals surface area contributed by atoms with Gasteiger partial charge in [0.05, 0.1) is 10.6 Å². The average molecular weight is 340 g/mol. The van der Waals surface area contributed by atoms with Gasteiger partial charge in [-0.25, -0.2) is 5.43 Å². The third-order valence-corrected chi connectivity index (χ3v) is 3.62. The third-order valence-electron chi connectivity index (χ3n) is 3.62. The highest BCUT2D eigenvalue weighted by molar-refractivity contribution is 6.01. The number of nitrogens with zero attached hydrogens (tertiary/aromatic N) is 2. The fourth-order valence-electron chi connectivity index (χ4n) is 2.22. The van der Waals surface area contributed by atoms with Crippen LogP contribution in [0.5, 0.6) is 0 Å². The van der Waals surface area contributed by atoms with Crippen molar-refractivity contribution in [3.63, 3.8) is 0 Å². The Morgan fingerprint density at radius 2 is 1.80 bits per heavy atom. The van der Waals surface area contributed by atoms with Crippen molar-refractivity contribution in [3.8, 4) is 0 Å². The molecule has 0 aliphatic heterocycles. The molecule has 0 heterocycles. The van der Waals surface area contributed by atoms with E-state index in [9.17, 15) is 14.9 Å². The van der Waals surface area contributed by atoms with Crippen molar-refractivity contribution in [2.24, 2.45) is 5.10 Å². The largest absolute Gasteiger partial charge is 0.380 e. The van der Waals surface area contributed by atoms with Gasteiger partial charge in [-0.15, -0.1) is 0 Å². The SMILES string of the molecule is CCNc1ccc(C(=O)N/N=C(\C)c2ccc(C)cc2)cc1[N+](=O)[O-]. The lowest BCUT2D eigenvalue weighted by Crippen LogP contribution is -2.19. The zero-order valence-corrected chi connectivity index (χ0v) is 14.4. The van der Waals surface area contributed by atoms with Crippen LogP contribution in [0.4, 0.5) is 11.4 Å². The summed E-state index contributed by atoms with van der Waals surface area (Å²) >= 11 is 0. The second-order valence-corrected chi connectivity index (χ2v) is 5.52. The fourth-order valence-corrected chi connectivity index (χ4v) is 2.22. The zero-order valence-electron chi connectivity index (χ0n) is 14.4. The summed E-state index contributed by atoms with van der Waals surface area (Å²) in [6.45, 7) is 6.16. The summed E-state index contributed by atoms with van der Waals surface area (Å²) < 4.78 is 0. The highest BCUT2D eigenvalue weighted by Gasteiger charge is 2.17. The second kappa shape index (κ2) is 8.05. The molecular weight excluding hydrogens is 320 g/mol. The molecule has 0 radical (unpaired) electrons. The predicted octanol–water partition coefficient (Wildman–Crippen LogP) is 3.49. The maximum Gasteiger partial charge on any atom is 0.293 e. The van der Waals surface area contributed by atoms with Crippen LogP contribution in [0.3, 0.4) is 0 Å². The van der Waals surface area contributed by atoms with Gasteiger partial charge in [-0.05, 0) is 38.5 Å². The molecule has 0 aromatic heterocycles. The van der Waals surface area contributed by atoms with Crippen molar-refractivity contribution in [1.82, 2.24) is 5.43 Å². The molecule has 0 unspecified atom stereocenters. The van der Waals surface area contributed by atoms with Gasteiger partial charge in [0.1, 0.15) is 5.69 Å². The minimum absolute atomic E-state index is 0.145. The molecule has 0 atom stereocenters. The highest BCUT2D eigenvalue weighted by Crippen LogP contribution is 2.25. The number of nitro benzene ring substituents is 1. The van der Waals surface area contributed by atoms with Gasteiger partial charge in [0, 0.05) is 18.2 Å². The molecule has 7 heteroatoms. The van der Waals surface area contributed by atoms with Crippen LogP contribution < -0.4 is 10.7 Å². The number of hydrogen-bond donors (Lipinski definition) is 2. The van der Waals surface area contributed by atoms with Crippen LogP contribution in [0.25, 0.3) is 0 Å². The van der Waals surface area contributed by atoms with E-state index in [0.29, 0.717) is 17.9 Å². The van der Waals surface area contributed by atoms with Gasteiger partial charge >= 0.3 is 0 Å². The lowest BCUT2D eigenvalue weighted by Gasteiger charge is -2.07. The van der Waals surface area contributed by atoms with Gasteiger partial charge in [0.2, 0.25) is 0 Å². The molecule has 0 aliphatic rings. The molecule has 7 nitrogen and oxygen atoms in total. The van der Waals surface area contributed by atoms with E-state index in [2.05, 4.69) is 15.8 Å². The van der Waals surface area contributed by atoms with E-state index in [-0.39, 0.29) is 11.3 Å². The number of hydrazone groups is 1. The van der Waals surface area contributed by atoms with E-state index in [1.54, 1.807) is 6.92 Å². The van der Waals surface area contributed by atoms with E-state index in [0.717, 1.165) is 11.1 Å². The van der Waals surface area contributed by atoms with E-state index in [1.165, 1.54) is 18.2 Å². The van der Waals surface area contributed by atoms with Crippen molar-refractivity contribution in [2.45, 2.75) is 20.8 Å². The summed E-state index contributed by atoms with van der Waals surface area (Å²) in [6.07, 6.45) is 0. The Kier molecular flexibility index (Phi) is 5.84. The molecule has 25 heavy (non-hydrogen) atoms. The third kappa shape index (κ3) is 4.63. The number of anilines is 1. The predicted molar refractivity (Wildman–Crippen MR) is 98.1 cm³/mol. The lowest BCUT2D eigenvalue weighted by atomic mass is 10.1. The molecule has 2 N–H and O–H groups in total. The topological polar surface area (TPSA) is 96.6 Å². The first-order chi connectivity index (χ1) is 11.9. The molecule has 0 bridgehead atoms. The minimum atomic E-state index is -0.518. The summed E-state index contributed by atoms with van der Waals surface area (Å²) in [5.41, 5.74) is 5.51. The first-order valence-corrected chi connectivity index (χ1v) is 7.86. The fraction of sp³-hybridized carbons (Fsp3) is 0.222. The summed E-state index contributed by atoms with van der Waals surface area (Å²) in [5.74, 6) is -0.502. The Bertz CT molecular complexity index is 814. The van der Waals surface area contributed by atoms with Crippen molar-refractivity contribution < 1.29 is 9.72 Å². The lowest BCUT2D eigenvalue weighted by molar-refractivity contribution is -0.384. The van der Waals surface area contributed by atoms with Gasteiger partial charge in [0.25, 0.3) is 11.6 Å². The molecule has 0 saturated heterocycles. The van der Waals surface area contributed by atoms with Crippen molar-refractivity contribution >= 4 is 23.0 Å². The van der Waals surface area contributed by atoms with Crippen LogP contribution >= 0.6 is 0 Å². The van der Waals surface area contributed by atoms with Gasteiger partial charge < -0.3 is 5.32 Å². The number of hydrogen-bond acceptors (Lipinski definition) is 5. The van der Waals surface area contributed by atoms with Gasteiger partial charge in [0.15, 0.2) is 0 Å². The maximum atomic E-state index is 12.2. The van der Waals surface area contributed by atoms with Crippen LogP contribution in [0, 0.1) is 17.0 Å². The van der Waals surface area contributed by atoms with Gasteiger partial charge in [-0.1, -0.05) is 29.8 Å². The number of aryl methyl sites for hydroxylation is 1. The summed E-state index contributed by atoms with van der Waals surface area (Å²) in [7, 11) is 0. The molecule has 1 amide bonds. The number of carbonyl (C=O) groups is 1. The molecule has 2 aromatic carbocycles. The molecule has 0 spiro atoms. The first kappa shape index (κ1) is 18.1. The normalized spacial score (nSPS) is 11.1. The first-order valence-electron chi connectivity index (χ1n) is 7.86.